The van der Waals surface area contributed by atoms with E-state index in [0.29, 0.717) is 11.5 Å². The van der Waals surface area contributed by atoms with Crippen LogP contribution < -0.4 is 5.32 Å². The third-order valence-electron chi connectivity index (χ3n) is 3.38. The predicted octanol–water partition coefficient (Wildman–Crippen LogP) is 3.97. The van der Waals surface area contributed by atoms with Crippen molar-refractivity contribution in [2.45, 2.75) is 6.92 Å². The lowest BCUT2D eigenvalue weighted by Crippen LogP contribution is -2.12. The van der Waals surface area contributed by atoms with Gasteiger partial charge in [0.05, 0.1) is 11.4 Å². The van der Waals surface area contributed by atoms with Gasteiger partial charge in [0, 0.05) is 12.1 Å². The first-order valence-corrected chi connectivity index (χ1v) is 7.48. The SMILES string of the molecule is Cc1cc(NC(=O)C=Cc2ccccc2)n(-c2ccc(F)cc2)n1. The number of hydrogen-bond acceptors (Lipinski definition) is 2. The topological polar surface area (TPSA) is 46.9 Å². The summed E-state index contributed by atoms with van der Waals surface area (Å²) in [4.78, 5) is 12.1. The minimum absolute atomic E-state index is 0.262. The van der Waals surface area contributed by atoms with Crippen molar-refractivity contribution in [3.8, 4) is 5.69 Å². The van der Waals surface area contributed by atoms with E-state index in [9.17, 15) is 9.18 Å². The molecule has 1 amide bonds. The zero-order chi connectivity index (χ0) is 16.9. The molecule has 0 radical (unpaired) electrons. The molecule has 0 saturated carbocycles. The van der Waals surface area contributed by atoms with Crippen LogP contribution >= 0.6 is 0 Å². The molecule has 5 heteroatoms. The molecule has 4 nitrogen and oxygen atoms in total. The Morgan fingerprint density at radius 3 is 2.54 bits per heavy atom. The van der Waals surface area contributed by atoms with E-state index in [2.05, 4.69) is 10.4 Å². The number of rotatable bonds is 4. The summed E-state index contributed by atoms with van der Waals surface area (Å²) in [6, 6.07) is 17.2. The number of benzene rings is 2. The van der Waals surface area contributed by atoms with Gasteiger partial charge < -0.3 is 5.32 Å². The molecule has 1 N–H and O–H groups in total. The quantitative estimate of drug-likeness (QED) is 0.739. The average Bonchev–Trinajstić information content (AvgIpc) is 2.95. The maximum absolute atomic E-state index is 13.1. The van der Waals surface area contributed by atoms with Crippen LogP contribution in [0.4, 0.5) is 10.2 Å². The van der Waals surface area contributed by atoms with Gasteiger partial charge in [0.2, 0.25) is 5.91 Å². The smallest absolute Gasteiger partial charge is 0.249 e. The van der Waals surface area contributed by atoms with Gasteiger partial charge in [0.1, 0.15) is 11.6 Å². The van der Waals surface area contributed by atoms with E-state index in [-0.39, 0.29) is 11.7 Å². The van der Waals surface area contributed by atoms with Gasteiger partial charge in [-0.3, -0.25) is 4.79 Å². The molecule has 120 valence electrons. The Kier molecular flexibility index (Phi) is 4.52. The molecule has 3 rings (SSSR count). The first-order chi connectivity index (χ1) is 11.6. The fourth-order valence-electron chi connectivity index (χ4n) is 2.27. The molecular formula is C19H16FN3O. The lowest BCUT2D eigenvalue weighted by molar-refractivity contribution is -0.111. The summed E-state index contributed by atoms with van der Waals surface area (Å²) in [5.74, 6) is -0.0528. The van der Waals surface area contributed by atoms with Gasteiger partial charge >= 0.3 is 0 Å². The Morgan fingerprint density at radius 1 is 1.12 bits per heavy atom. The van der Waals surface area contributed by atoms with Crippen molar-refractivity contribution in [1.82, 2.24) is 9.78 Å². The van der Waals surface area contributed by atoms with Crippen LogP contribution in [0.2, 0.25) is 0 Å². The Morgan fingerprint density at radius 2 is 1.83 bits per heavy atom. The summed E-state index contributed by atoms with van der Waals surface area (Å²) in [7, 11) is 0. The largest absolute Gasteiger partial charge is 0.307 e. The number of carbonyl (C=O) groups is 1. The van der Waals surface area contributed by atoms with Crippen molar-refractivity contribution in [2.75, 3.05) is 5.32 Å². The molecule has 0 saturated heterocycles. The Balaban J connectivity index is 1.79. The molecule has 24 heavy (non-hydrogen) atoms. The van der Waals surface area contributed by atoms with Crippen LogP contribution in [-0.4, -0.2) is 15.7 Å². The Hall–Kier alpha value is -3.21. The normalized spacial score (nSPS) is 10.9. The third kappa shape index (κ3) is 3.76. The van der Waals surface area contributed by atoms with E-state index in [1.54, 1.807) is 29.0 Å². The van der Waals surface area contributed by atoms with Gasteiger partial charge in [0.15, 0.2) is 0 Å². The van der Waals surface area contributed by atoms with Crippen molar-refractivity contribution < 1.29 is 9.18 Å². The van der Waals surface area contributed by atoms with Crippen molar-refractivity contribution in [3.63, 3.8) is 0 Å². The van der Waals surface area contributed by atoms with Crippen LogP contribution in [0.25, 0.3) is 11.8 Å². The number of amides is 1. The number of halogens is 1. The summed E-state index contributed by atoms with van der Waals surface area (Å²) in [6.45, 7) is 1.83. The monoisotopic (exact) mass is 321 g/mol. The van der Waals surface area contributed by atoms with Gasteiger partial charge in [-0.05, 0) is 42.8 Å². The maximum Gasteiger partial charge on any atom is 0.249 e. The molecule has 0 bridgehead atoms. The van der Waals surface area contributed by atoms with Crippen LogP contribution in [-0.2, 0) is 4.79 Å². The number of carbonyl (C=O) groups excluding carboxylic acids is 1. The van der Waals surface area contributed by atoms with Gasteiger partial charge in [-0.15, -0.1) is 0 Å². The van der Waals surface area contributed by atoms with Crippen molar-refractivity contribution in [3.05, 3.63) is 83.8 Å². The van der Waals surface area contributed by atoms with Crippen LogP contribution in [0.5, 0.6) is 0 Å². The van der Waals surface area contributed by atoms with Gasteiger partial charge in [-0.25, -0.2) is 9.07 Å². The molecule has 1 aromatic heterocycles. The molecule has 0 unspecified atom stereocenters. The number of aryl methyl sites for hydroxylation is 1. The minimum Gasteiger partial charge on any atom is -0.307 e. The first-order valence-electron chi connectivity index (χ1n) is 7.48. The van der Waals surface area contributed by atoms with E-state index in [4.69, 9.17) is 0 Å². The highest BCUT2D eigenvalue weighted by Crippen LogP contribution is 2.17. The number of hydrogen-bond donors (Lipinski definition) is 1. The van der Waals surface area contributed by atoms with Crippen LogP contribution in [0.1, 0.15) is 11.3 Å². The summed E-state index contributed by atoms with van der Waals surface area (Å²) < 4.78 is 14.6. The van der Waals surface area contributed by atoms with Crippen LogP contribution in [0.15, 0.2) is 66.7 Å². The van der Waals surface area contributed by atoms with E-state index in [1.165, 1.54) is 18.2 Å². The summed E-state index contributed by atoms with van der Waals surface area (Å²) in [6.07, 6.45) is 3.20. The standard InChI is InChI=1S/C19H16FN3O/c1-14-13-18(23(22-14)17-10-8-16(20)9-11-17)21-19(24)12-7-15-5-3-2-4-6-15/h2-13H,1H3,(H,21,24). The maximum atomic E-state index is 13.1. The third-order valence-corrected chi connectivity index (χ3v) is 3.38. The number of nitrogens with zero attached hydrogens (tertiary/aromatic N) is 2. The van der Waals surface area contributed by atoms with E-state index in [0.717, 1.165) is 11.3 Å². The van der Waals surface area contributed by atoms with Crippen LogP contribution in [0, 0.1) is 12.7 Å². The van der Waals surface area contributed by atoms with Gasteiger partial charge in [-0.2, -0.15) is 5.10 Å². The lowest BCUT2D eigenvalue weighted by Gasteiger charge is -2.07. The minimum atomic E-state index is -0.320. The second-order valence-corrected chi connectivity index (χ2v) is 5.29. The molecule has 0 fully saturated rings. The number of aromatic nitrogens is 2. The molecule has 2 aromatic carbocycles. The van der Waals surface area contributed by atoms with Crippen molar-refractivity contribution in [1.29, 1.82) is 0 Å². The highest BCUT2D eigenvalue weighted by molar-refractivity contribution is 6.01. The lowest BCUT2D eigenvalue weighted by atomic mass is 10.2. The highest BCUT2D eigenvalue weighted by Gasteiger charge is 2.09. The van der Waals surface area contributed by atoms with Crippen molar-refractivity contribution in [2.24, 2.45) is 0 Å². The Bertz CT molecular complexity index is 867. The second kappa shape index (κ2) is 6.91. The van der Waals surface area contributed by atoms with E-state index in [1.807, 2.05) is 37.3 Å². The summed E-state index contributed by atoms with van der Waals surface area (Å²) >= 11 is 0. The fourth-order valence-corrected chi connectivity index (χ4v) is 2.27. The number of anilines is 1. The van der Waals surface area contributed by atoms with E-state index >= 15 is 0 Å². The van der Waals surface area contributed by atoms with E-state index < -0.39 is 0 Å². The molecule has 0 spiro atoms. The zero-order valence-corrected chi connectivity index (χ0v) is 13.1. The van der Waals surface area contributed by atoms with Gasteiger partial charge in [0.25, 0.3) is 0 Å². The van der Waals surface area contributed by atoms with Gasteiger partial charge in [-0.1, -0.05) is 30.3 Å². The fraction of sp³-hybridized carbons (Fsp3) is 0.0526. The highest BCUT2D eigenvalue weighted by atomic mass is 19.1. The molecule has 1 heterocycles. The number of nitrogens with one attached hydrogen (secondary N) is 1. The molecule has 0 aliphatic carbocycles. The molecular weight excluding hydrogens is 305 g/mol. The average molecular weight is 321 g/mol. The molecule has 0 atom stereocenters. The molecule has 0 aliphatic heterocycles. The molecule has 0 aliphatic rings. The summed E-state index contributed by atoms with van der Waals surface area (Å²) in [5.41, 5.74) is 2.37. The first kappa shape index (κ1) is 15.7. The van der Waals surface area contributed by atoms with Crippen LogP contribution in [0.3, 0.4) is 0 Å². The Labute approximate surface area is 139 Å². The predicted molar refractivity (Wildman–Crippen MR) is 92.4 cm³/mol. The summed E-state index contributed by atoms with van der Waals surface area (Å²) in [5, 5.41) is 7.13. The molecule has 3 aromatic rings. The second-order valence-electron chi connectivity index (χ2n) is 5.29. The van der Waals surface area contributed by atoms with Crippen molar-refractivity contribution >= 4 is 17.8 Å². The zero-order valence-electron chi connectivity index (χ0n) is 13.1.